The number of anilines is 2. The van der Waals surface area contributed by atoms with Gasteiger partial charge in [0.05, 0.1) is 15.5 Å². The van der Waals surface area contributed by atoms with Gasteiger partial charge in [0, 0.05) is 22.0 Å². The maximum absolute atomic E-state index is 13.3. The Morgan fingerprint density at radius 1 is 0.535 bits per heavy atom. The van der Waals surface area contributed by atoms with Crippen LogP contribution >= 0.6 is 0 Å². The number of hydrogen-bond donors (Lipinski definition) is 2. The quantitative estimate of drug-likeness (QED) is 0.195. The molecule has 0 aliphatic carbocycles. The number of oxazole rings is 1. The van der Waals surface area contributed by atoms with Crippen molar-refractivity contribution in [3.05, 3.63) is 127 Å². The van der Waals surface area contributed by atoms with Crippen molar-refractivity contribution in [3.8, 4) is 11.5 Å². The Bertz CT molecular complexity index is 2370. The number of hydrogen-bond acceptors (Lipinski definition) is 6. The molecule has 0 aliphatic heterocycles. The van der Waals surface area contributed by atoms with Crippen LogP contribution in [-0.2, 0) is 20.0 Å². The highest BCUT2D eigenvalue weighted by molar-refractivity contribution is 7.93. The van der Waals surface area contributed by atoms with E-state index in [-0.39, 0.29) is 9.79 Å². The number of benzene rings is 6. The molecule has 7 rings (SSSR count). The van der Waals surface area contributed by atoms with Crippen LogP contribution in [0.2, 0.25) is 0 Å². The predicted octanol–water partition coefficient (Wildman–Crippen LogP) is 7.40. The van der Waals surface area contributed by atoms with E-state index in [0.717, 1.165) is 10.8 Å². The molecular formula is C33H23N3O5S2. The average Bonchev–Trinajstić information content (AvgIpc) is 3.44. The summed E-state index contributed by atoms with van der Waals surface area (Å²) in [5, 5.41) is 2.93. The number of rotatable bonds is 7. The van der Waals surface area contributed by atoms with E-state index < -0.39 is 20.0 Å². The third-order valence-electron chi connectivity index (χ3n) is 7.10. The number of nitrogens with zero attached hydrogens (tertiary/aromatic N) is 1. The van der Waals surface area contributed by atoms with Gasteiger partial charge in [-0.25, -0.2) is 21.8 Å². The van der Waals surface area contributed by atoms with Gasteiger partial charge < -0.3 is 4.42 Å². The predicted molar refractivity (Wildman–Crippen MR) is 169 cm³/mol. The fourth-order valence-electron chi connectivity index (χ4n) is 5.08. The molecule has 2 N–H and O–H groups in total. The minimum Gasteiger partial charge on any atom is -0.436 e. The Labute approximate surface area is 247 Å². The first-order chi connectivity index (χ1) is 20.8. The van der Waals surface area contributed by atoms with Crippen LogP contribution in [0.4, 0.5) is 11.4 Å². The molecule has 0 unspecified atom stereocenters. The second-order valence-electron chi connectivity index (χ2n) is 9.94. The molecule has 212 valence electrons. The summed E-state index contributed by atoms with van der Waals surface area (Å²) >= 11 is 0. The Morgan fingerprint density at radius 2 is 1.05 bits per heavy atom. The molecule has 0 fully saturated rings. The maximum Gasteiger partial charge on any atom is 0.262 e. The van der Waals surface area contributed by atoms with Crippen molar-refractivity contribution in [1.29, 1.82) is 0 Å². The van der Waals surface area contributed by atoms with Gasteiger partial charge in [-0.1, -0.05) is 72.8 Å². The zero-order valence-corrected chi connectivity index (χ0v) is 24.1. The van der Waals surface area contributed by atoms with Crippen molar-refractivity contribution in [3.63, 3.8) is 0 Å². The summed E-state index contributed by atoms with van der Waals surface area (Å²) in [6.45, 7) is 0. The number of nitrogens with one attached hydrogen (secondary N) is 2. The lowest BCUT2D eigenvalue weighted by atomic mass is 10.1. The van der Waals surface area contributed by atoms with Gasteiger partial charge in [-0.3, -0.25) is 9.44 Å². The summed E-state index contributed by atoms with van der Waals surface area (Å²) in [5.74, 6) is 0.313. The molecule has 1 heterocycles. The van der Waals surface area contributed by atoms with E-state index in [1.54, 1.807) is 91.0 Å². The van der Waals surface area contributed by atoms with Crippen LogP contribution in [0.25, 0.3) is 44.1 Å². The zero-order chi connectivity index (χ0) is 29.6. The van der Waals surface area contributed by atoms with Gasteiger partial charge >= 0.3 is 0 Å². The second-order valence-corrected chi connectivity index (χ2v) is 13.2. The molecule has 0 bridgehead atoms. The molecule has 43 heavy (non-hydrogen) atoms. The standard InChI is InChI=1S/C33H23N3O5S2/c37-42(38,31-13-5-9-22-7-1-3-11-27(22)31)35-25-17-15-24(16-18-25)33-34-29-21-26(19-20-30(29)41-33)36-43(39,40)32-14-6-10-23-8-2-4-12-28(23)32/h1-21,35-36H. The van der Waals surface area contributed by atoms with Crippen LogP contribution in [0.15, 0.2) is 142 Å². The summed E-state index contributed by atoms with van der Waals surface area (Å²) in [6, 6.07) is 36.5. The monoisotopic (exact) mass is 605 g/mol. The molecule has 0 amide bonds. The number of aromatic nitrogens is 1. The lowest BCUT2D eigenvalue weighted by Gasteiger charge is -2.11. The number of fused-ring (bicyclic) bond motifs is 3. The van der Waals surface area contributed by atoms with Gasteiger partial charge in [0.2, 0.25) is 5.89 Å². The molecule has 10 heteroatoms. The van der Waals surface area contributed by atoms with Crippen LogP contribution in [0.3, 0.4) is 0 Å². The first kappa shape index (κ1) is 26.7. The Hall–Kier alpha value is -5.19. The SMILES string of the molecule is O=S(=O)(Nc1ccc(-c2nc3cc(NS(=O)(=O)c4cccc5ccccc45)ccc3o2)cc1)c1cccc2ccccc12. The van der Waals surface area contributed by atoms with Gasteiger partial charge in [0.1, 0.15) is 5.52 Å². The third kappa shape index (κ3) is 5.07. The molecule has 0 aliphatic rings. The fraction of sp³-hybridized carbons (Fsp3) is 0. The summed E-state index contributed by atoms with van der Waals surface area (Å²) in [5.41, 5.74) is 2.30. The van der Waals surface area contributed by atoms with Crippen LogP contribution in [-0.4, -0.2) is 21.8 Å². The molecule has 0 atom stereocenters. The van der Waals surface area contributed by atoms with Crippen molar-refractivity contribution in [2.24, 2.45) is 0 Å². The van der Waals surface area contributed by atoms with Crippen molar-refractivity contribution < 1.29 is 21.3 Å². The minimum absolute atomic E-state index is 0.183. The Balaban J connectivity index is 1.13. The smallest absolute Gasteiger partial charge is 0.262 e. The van der Waals surface area contributed by atoms with Crippen molar-refractivity contribution in [1.82, 2.24) is 4.98 Å². The molecule has 6 aromatic carbocycles. The zero-order valence-electron chi connectivity index (χ0n) is 22.4. The Morgan fingerprint density at radius 3 is 1.65 bits per heavy atom. The van der Waals surface area contributed by atoms with E-state index in [9.17, 15) is 16.8 Å². The van der Waals surface area contributed by atoms with Crippen molar-refractivity contribution >= 4 is 64.1 Å². The summed E-state index contributed by atoms with van der Waals surface area (Å²) in [6.07, 6.45) is 0. The van der Waals surface area contributed by atoms with E-state index >= 15 is 0 Å². The van der Waals surface area contributed by atoms with Crippen LogP contribution in [0.1, 0.15) is 0 Å². The third-order valence-corrected chi connectivity index (χ3v) is 9.98. The van der Waals surface area contributed by atoms with Gasteiger partial charge in [-0.15, -0.1) is 0 Å². The van der Waals surface area contributed by atoms with Gasteiger partial charge in [0.15, 0.2) is 5.58 Å². The topological polar surface area (TPSA) is 118 Å². The van der Waals surface area contributed by atoms with Crippen molar-refractivity contribution in [2.75, 3.05) is 9.44 Å². The summed E-state index contributed by atoms with van der Waals surface area (Å²) < 4.78 is 64.1. The van der Waals surface area contributed by atoms with Crippen molar-refractivity contribution in [2.45, 2.75) is 9.79 Å². The van der Waals surface area contributed by atoms with E-state index in [1.807, 2.05) is 36.4 Å². The fourth-order valence-corrected chi connectivity index (χ4v) is 7.65. The first-order valence-electron chi connectivity index (χ1n) is 13.3. The van der Waals surface area contributed by atoms with Gasteiger partial charge in [-0.2, -0.15) is 0 Å². The van der Waals surface area contributed by atoms with Crippen LogP contribution in [0.5, 0.6) is 0 Å². The van der Waals surface area contributed by atoms with Crippen LogP contribution < -0.4 is 9.44 Å². The highest BCUT2D eigenvalue weighted by Crippen LogP contribution is 2.30. The molecule has 0 saturated carbocycles. The van der Waals surface area contributed by atoms with E-state index in [0.29, 0.717) is 44.7 Å². The second kappa shape index (κ2) is 10.3. The lowest BCUT2D eigenvalue weighted by Crippen LogP contribution is -2.13. The van der Waals surface area contributed by atoms with E-state index in [1.165, 1.54) is 0 Å². The number of sulfonamides is 2. The average molecular weight is 606 g/mol. The molecule has 0 saturated heterocycles. The van der Waals surface area contributed by atoms with Crippen LogP contribution in [0, 0.1) is 0 Å². The van der Waals surface area contributed by atoms with E-state index in [2.05, 4.69) is 14.4 Å². The van der Waals surface area contributed by atoms with E-state index in [4.69, 9.17) is 4.42 Å². The molecular weight excluding hydrogens is 583 g/mol. The largest absolute Gasteiger partial charge is 0.436 e. The lowest BCUT2D eigenvalue weighted by molar-refractivity contribution is 0.600. The first-order valence-corrected chi connectivity index (χ1v) is 16.3. The normalized spacial score (nSPS) is 12.1. The molecule has 7 aromatic rings. The molecule has 8 nitrogen and oxygen atoms in total. The molecule has 0 spiro atoms. The Kier molecular flexibility index (Phi) is 6.37. The van der Waals surface area contributed by atoms with Gasteiger partial charge in [-0.05, 0) is 65.4 Å². The van der Waals surface area contributed by atoms with Gasteiger partial charge in [0.25, 0.3) is 20.0 Å². The minimum atomic E-state index is -3.87. The summed E-state index contributed by atoms with van der Waals surface area (Å²) in [7, 11) is -7.71. The summed E-state index contributed by atoms with van der Waals surface area (Å²) in [4.78, 5) is 4.92. The maximum atomic E-state index is 13.3. The molecule has 0 radical (unpaired) electrons. The highest BCUT2D eigenvalue weighted by atomic mass is 32.2. The highest BCUT2D eigenvalue weighted by Gasteiger charge is 2.20. The molecule has 1 aromatic heterocycles.